The molecule has 2 rings (SSSR count). The van der Waals surface area contributed by atoms with Crippen LogP contribution in [0.4, 0.5) is 5.13 Å². The molecule has 2 aromatic heterocycles. The third-order valence-electron chi connectivity index (χ3n) is 1.36. The van der Waals surface area contributed by atoms with Crippen molar-refractivity contribution in [1.82, 2.24) is 20.4 Å². The molecule has 0 spiro atoms. The normalized spacial score (nSPS) is 10.2. The number of anilines is 1. The highest BCUT2D eigenvalue weighted by Gasteiger charge is 1.99. The number of aromatic nitrogens is 4. The minimum absolute atomic E-state index is 0.635. The van der Waals surface area contributed by atoms with E-state index in [1.807, 2.05) is 5.38 Å². The van der Waals surface area contributed by atoms with Gasteiger partial charge in [-0.1, -0.05) is 0 Å². The van der Waals surface area contributed by atoms with E-state index in [1.54, 1.807) is 17.5 Å². The maximum atomic E-state index is 4.18. The quantitative estimate of drug-likeness (QED) is 0.880. The lowest BCUT2D eigenvalue weighted by atomic mass is 10.5. The maximum absolute atomic E-state index is 4.18. The smallest absolute Gasteiger partial charge is 0.184 e. The molecule has 2 heterocycles. The predicted octanol–water partition coefficient (Wildman–Crippen LogP) is 1.64. The number of hydrogen-bond donors (Lipinski definition) is 2. The Morgan fingerprint density at radius 1 is 1.62 bits per heavy atom. The largest absolute Gasteiger partial charge is 0.356 e. The molecule has 0 radical (unpaired) electrons. The van der Waals surface area contributed by atoms with Crippen LogP contribution in [0.3, 0.4) is 0 Å². The lowest BCUT2D eigenvalue weighted by molar-refractivity contribution is 0.910. The van der Waals surface area contributed by atoms with Crippen LogP contribution in [-0.2, 0) is 6.54 Å². The molecule has 0 aliphatic carbocycles. The van der Waals surface area contributed by atoms with Crippen LogP contribution in [0.1, 0.15) is 5.69 Å². The molecule has 5 nitrogen and oxygen atoms in total. The fourth-order valence-electron chi connectivity index (χ4n) is 0.812. The lowest BCUT2D eigenvalue weighted by Gasteiger charge is -1.96. The van der Waals surface area contributed by atoms with Gasteiger partial charge in [0, 0.05) is 5.38 Å². The Labute approximate surface area is 86.7 Å². The second kappa shape index (κ2) is 3.84. The van der Waals surface area contributed by atoms with E-state index in [4.69, 9.17) is 0 Å². The summed E-state index contributed by atoms with van der Waals surface area (Å²) in [6.07, 6.45) is 1.68. The van der Waals surface area contributed by atoms with Crippen LogP contribution in [0.15, 0.2) is 16.2 Å². The van der Waals surface area contributed by atoms with Crippen LogP contribution >= 0.6 is 27.3 Å². The molecule has 13 heavy (non-hydrogen) atoms. The molecular weight excluding hydrogens is 254 g/mol. The highest BCUT2D eigenvalue weighted by atomic mass is 79.9. The molecular formula is C6H6BrN5S. The van der Waals surface area contributed by atoms with Gasteiger partial charge in [-0.05, 0) is 15.9 Å². The molecule has 2 aromatic rings. The number of nitrogens with zero attached hydrogens (tertiary/aromatic N) is 3. The fraction of sp³-hybridized carbons (Fsp3) is 0.167. The van der Waals surface area contributed by atoms with E-state index in [-0.39, 0.29) is 0 Å². The van der Waals surface area contributed by atoms with E-state index in [2.05, 4.69) is 41.6 Å². The Bertz CT molecular complexity index is 370. The van der Waals surface area contributed by atoms with E-state index in [0.717, 1.165) is 15.4 Å². The number of thiazole rings is 1. The van der Waals surface area contributed by atoms with Crippen LogP contribution in [0.25, 0.3) is 0 Å². The summed E-state index contributed by atoms with van der Waals surface area (Å²) in [5, 5.41) is 16.1. The van der Waals surface area contributed by atoms with Gasteiger partial charge in [0.15, 0.2) is 5.13 Å². The van der Waals surface area contributed by atoms with E-state index in [9.17, 15) is 0 Å². The van der Waals surface area contributed by atoms with Gasteiger partial charge in [-0.2, -0.15) is 15.4 Å². The highest BCUT2D eigenvalue weighted by molar-refractivity contribution is 9.10. The highest BCUT2D eigenvalue weighted by Crippen LogP contribution is 2.19. The van der Waals surface area contributed by atoms with Crippen LogP contribution in [0, 0.1) is 0 Å². The van der Waals surface area contributed by atoms with Crippen molar-refractivity contribution in [3.05, 3.63) is 21.9 Å². The minimum Gasteiger partial charge on any atom is -0.356 e. The second-order valence-electron chi connectivity index (χ2n) is 2.29. The molecule has 0 aliphatic rings. The van der Waals surface area contributed by atoms with Gasteiger partial charge in [-0.15, -0.1) is 11.3 Å². The molecule has 0 aliphatic heterocycles. The molecule has 0 atom stereocenters. The van der Waals surface area contributed by atoms with Crippen LogP contribution in [0.2, 0.25) is 0 Å². The molecule has 7 heteroatoms. The van der Waals surface area contributed by atoms with Crippen molar-refractivity contribution in [2.24, 2.45) is 0 Å². The maximum Gasteiger partial charge on any atom is 0.184 e. The standard InChI is InChI=1S/C6H6BrN5S/c7-5-3-13-6(10-5)8-1-4-2-9-12-11-4/h2-3H,1H2,(H,8,10)(H,9,11,12). The molecule has 0 amide bonds. The first-order chi connectivity index (χ1) is 6.34. The van der Waals surface area contributed by atoms with Gasteiger partial charge >= 0.3 is 0 Å². The minimum atomic E-state index is 0.635. The Kier molecular flexibility index (Phi) is 2.55. The number of rotatable bonds is 3. The zero-order chi connectivity index (χ0) is 9.10. The zero-order valence-corrected chi connectivity index (χ0v) is 8.89. The van der Waals surface area contributed by atoms with E-state index in [0.29, 0.717) is 6.54 Å². The summed E-state index contributed by atoms with van der Waals surface area (Å²) in [7, 11) is 0. The van der Waals surface area contributed by atoms with Crippen molar-refractivity contribution in [2.45, 2.75) is 6.54 Å². The summed E-state index contributed by atoms with van der Waals surface area (Å²) in [4.78, 5) is 4.18. The van der Waals surface area contributed by atoms with Crippen molar-refractivity contribution in [1.29, 1.82) is 0 Å². The van der Waals surface area contributed by atoms with Crippen molar-refractivity contribution in [2.75, 3.05) is 5.32 Å². The first kappa shape index (κ1) is 8.64. The Balaban J connectivity index is 1.93. The van der Waals surface area contributed by atoms with Crippen molar-refractivity contribution >= 4 is 32.4 Å². The van der Waals surface area contributed by atoms with Gasteiger partial charge in [-0.25, -0.2) is 4.98 Å². The van der Waals surface area contributed by atoms with Gasteiger partial charge in [0.2, 0.25) is 0 Å². The summed E-state index contributed by atoms with van der Waals surface area (Å²) >= 11 is 4.82. The number of H-pyrrole nitrogens is 1. The monoisotopic (exact) mass is 259 g/mol. The molecule has 0 unspecified atom stereocenters. The van der Waals surface area contributed by atoms with Gasteiger partial charge in [0.25, 0.3) is 0 Å². The third-order valence-corrected chi connectivity index (χ3v) is 2.87. The lowest BCUT2D eigenvalue weighted by Crippen LogP contribution is -1.98. The van der Waals surface area contributed by atoms with Crippen LogP contribution in [-0.4, -0.2) is 20.4 Å². The van der Waals surface area contributed by atoms with Gasteiger partial charge in [-0.3, -0.25) is 0 Å². The Morgan fingerprint density at radius 2 is 2.54 bits per heavy atom. The summed E-state index contributed by atoms with van der Waals surface area (Å²) < 4.78 is 0.847. The molecule has 0 fully saturated rings. The van der Waals surface area contributed by atoms with Crippen LogP contribution in [0.5, 0.6) is 0 Å². The number of hydrogen-bond acceptors (Lipinski definition) is 5. The first-order valence-corrected chi connectivity index (χ1v) is 5.21. The van der Waals surface area contributed by atoms with E-state index in [1.165, 1.54) is 0 Å². The SMILES string of the molecule is Brc1csc(NCc2cn[nH]n2)n1. The Hall–Kier alpha value is -0.950. The van der Waals surface area contributed by atoms with Crippen molar-refractivity contribution in [3.8, 4) is 0 Å². The van der Waals surface area contributed by atoms with E-state index < -0.39 is 0 Å². The van der Waals surface area contributed by atoms with Crippen molar-refractivity contribution < 1.29 is 0 Å². The molecule has 0 aromatic carbocycles. The summed E-state index contributed by atoms with van der Waals surface area (Å²) in [5.41, 5.74) is 0.867. The first-order valence-electron chi connectivity index (χ1n) is 3.54. The molecule has 2 N–H and O–H groups in total. The fourth-order valence-corrected chi connectivity index (χ4v) is 1.96. The predicted molar refractivity (Wildman–Crippen MR) is 53.5 cm³/mol. The van der Waals surface area contributed by atoms with Crippen LogP contribution < -0.4 is 5.32 Å². The number of nitrogens with one attached hydrogen (secondary N) is 2. The zero-order valence-electron chi connectivity index (χ0n) is 6.49. The molecule has 0 bridgehead atoms. The summed E-state index contributed by atoms with van der Waals surface area (Å²) in [6, 6.07) is 0. The summed E-state index contributed by atoms with van der Waals surface area (Å²) in [5.74, 6) is 0. The average Bonchev–Trinajstić information content (AvgIpc) is 2.71. The third kappa shape index (κ3) is 2.25. The second-order valence-corrected chi connectivity index (χ2v) is 3.96. The van der Waals surface area contributed by atoms with Gasteiger partial charge in [0.05, 0.1) is 12.7 Å². The van der Waals surface area contributed by atoms with Gasteiger partial charge in [0.1, 0.15) is 10.3 Å². The van der Waals surface area contributed by atoms with Gasteiger partial charge < -0.3 is 5.32 Å². The van der Waals surface area contributed by atoms with E-state index >= 15 is 0 Å². The molecule has 0 saturated carbocycles. The number of halogens is 1. The molecule has 68 valence electrons. The topological polar surface area (TPSA) is 66.5 Å². The molecule has 0 saturated heterocycles. The number of aromatic amines is 1. The Morgan fingerprint density at radius 3 is 3.15 bits per heavy atom. The summed E-state index contributed by atoms with van der Waals surface area (Å²) in [6.45, 7) is 0.635. The van der Waals surface area contributed by atoms with Crippen molar-refractivity contribution in [3.63, 3.8) is 0 Å². The average molecular weight is 260 g/mol.